The van der Waals surface area contributed by atoms with Gasteiger partial charge in [-0.3, -0.25) is 14.4 Å². The van der Waals surface area contributed by atoms with Gasteiger partial charge >= 0.3 is 0 Å². The standard InChI is InChI=1S/3C11H20O2.Ru/c3*1-10(2,3)8(12)7-9(13)11(4,5)6;/h3*7,12H,1-6H3;/b2*8-7+;8-7-;. The molecule has 0 heterocycles. The van der Waals surface area contributed by atoms with Gasteiger partial charge in [0.1, 0.15) is 17.3 Å². The fourth-order valence-corrected chi connectivity index (χ4v) is 1.67. The van der Waals surface area contributed by atoms with E-state index >= 15 is 0 Å². The van der Waals surface area contributed by atoms with Crippen LogP contribution in [-0.2, 0) is 33.9 Å². The van der Waals surface area contributed by atoms with Crippen LogP contribution in [0.5, 0.6) is 0 Å². The normalized spacial score (nSPS) is 14.1. The quantitative estimate of drug-likeness (QED) is 0.159. The third kappa shape index (κ3) is 21.1. The van der Waals surface area contributed by atoms with E-state index in [2.05, 4.69) is 0 Å². The second kappa shape index (κ2) is 16.0. The zero-order valence-electron chi connectivity index (χ0n) is 28.7. The minimum atomic E-state index is -0.417. The molecule has 0 fully saturated rings. The second-order valence-corrected chi connectivity index (χ2v) is 16.2. The summed E-state index contributed by atoms with van der Waals surface area (Å²) < 4.78 is 0. The van der Waals surface area contributed by atoms with E-state index in [0.29, 0.717) is 0 Å². The van der Waals surface area contributed by atoms with E-state index in [1.54, 1.807) is 0 Å². The fraction of sp³-hybridized carbons (Fsp3) is 0.727. The Kier molecular flexibility index (Phi) is 18.1. The number of hydrogen-bond acceptors (Lipinski definition) is 6. The van der Waals surface area contributed by atoms with Gasteiger partial charge in [-0.15, -0.1) is 0 Å². The average Bonchev–Trinajstić information content (AvgIpc) is 2.64. The average molecular weight is 654 g/mol. The topological polar surface area (TPSA) is 112 Å². The van der Waals surface area contributed by atoms with Gasteiger partial charge in [0.25, 0.3) is 0 Å². The number of carbonyl (C=O) groups excluding carboxylic acids is 3. The Morgan fingerprint density at radius 1 is 0.350 bits per heavy atom. The van der Waals surface area contributed by atoms with Crippen molar-refractivity contribution in [1.29, 1.82) is 0 Å². The summed E-state index contributed by atoms with van der Waals surface area (Å²) in [7, 11) is 0. The fourth-order valence-electron chi connectivity index (χ4n) is 1.67. The van der Waals surface area contributed by atoms with Crippen molar-refractivity contribution in [2.75, 3.05) is 0 Å². The first-order valence-electron chi connectivity index (χ1n) is 13.5. The molecule has 0 rings (SSSR count). The number of rotatable bonds is 3. The number of hydrogen-bond donors (Lipinski definition) is 3. The van der Waals surface area contributed by atoms with Gasteiger partial charge in [-0.25, -0.2) is 0 Å². The van der Waals surface area contributed by atoms with Gasteiger partial charge in [-0.05, 0) is 0 Å². The van der Waals surface area contributed by atoms with Gasteiger partial charge in [0.05, 0.1) is 0 Å². The Balaban J connectivity index is -0.000000240. The van der Waals surface area contributed by atoms with Crippen molar-refractivity contribution in [3.8, 4) is 0 Å². The van der Waals surface area contributed by atoms with E-state index in [1.165, 1.54) is 18.2 Å². The first-order valence-corrected chi connectivity index (χ1v) is 13.5. The molecule has 40 heavy (non-hydrogen) atoms. The van der Waals surface area contributed by atoms with Crippen LogP contribution in [0.25, 0.3) is 0 Å². The third-order valence-electron chi connectivity index (χ3n) is 5.33. The van der Waals surface area contributed by atoms with E-state index in [-0.39, 0.29) is 70.4 Å². The van der Waals surface area contributed by atoms with Crippen molar-refractivity contribution < 1.29 is 49.2 Å². The van der Waals surface area contributed by atoms with Crippen LogP contribution >= 0.6 is 0 Å². The number of ketones is 3. The van der Waals surface area contributed by atoms with E-state index < -0.39 is 16.2 Å². The molecule has 0 bridgehead atoms. The van der Waals surface area contributed by atoms with Crippen molar-refractivity contribution in [3.05, 3.63) is 35.5 Å². The van der Waals surface area contributed by atoms with E-state index in [4.69, 9.17) is 0 Å². The molecule has 0 spiro atoms. The molecule has 0 aliphatic carbocycles. The molecule has 6 nitrogen and oxygen atoms in total. The molecule has 0 atom stereocenters. The van der Waals surface area contributed by atoms with Crippen LogP contribution in [0.4, 0.5) is 0 Å². The van der Waals surface area contributed by atoms with Crippen molar-refractivity contribution in [2.45, 2.75) is 125 Å². The summed E-state index contributed by atoms with van der Waals surface area (Å²) in [6, 6.07) is 0. The van der Waals surface area contributed by atoms with Crippen LogP contribution < -0.4 is 0 Å². The van der Waals surface area contributed by atoms with Crippen LogP contribution in [0, 0.1) is 32.5 Å². The Morgan fingerprint density at radius 3 is 0.550 bits per heavy atom. The first kappa shape index (κ1) is 45.2. The maximum absolute atomic E-state index is 11.5. The summed E-state index contributed by atoms with van der Waals surface area (Å²) in [6.07, 6.45) is 4.00. The molecule has 0 radical (unpaired) electrons. The number of aliphatic hydroxyl groups is 3. The molecule has 236 valence electrons. The monoisotopic (exact) mass is 654 g/mol. The molecular formula is C33H60O6Ru. The van der Waals surface area contributed by atoms with Crippen LogP contribution in [0.3, 0.4) is 0 Å². The molecule has 0 unspecified atom stereocenters. The summed E-state index contributed by atoms with van der Waals surface area (Å²) in [6.45, 7) is 33.3. The number of carbonyl (C=O) groups is 3. The maximum atomic E-state index is 11.5. The van der Waals surface area contributed by atoms with Gasteiger partial charge in [-0.2, -0.15) is 0 Å². The van der Waals surface area contributed by atoms with E-state index in [1.807, 2.05) is 125 Å². The van der Waals surface area contributed by atoms with Gasteiger partial charge in [0.15, 0.2) is 17.3 Å². The summed E-state index contributed by atoms with van der Waals surface area (Å²) in [5.41, 5.74) is -2.29. The van der Waals surface area contributed by atoms with Crippen LogP contribution in [-0.4, -0.2) is 32.7 Å². The number of aliphatic hydroxyl groups excluding tert-OH is 3. The molecule has 0 saturated carbocycles. The molecule has 0 aromatic heterocycles. The SMILES string of the molecule is CC(C)(C)C(=O)/C=C(/O)C(C)(C)C.CC(C)(C)C(=O)/C=C(/O)C(C)(C)C.CC(C)(C)C(=O)/C=C(\O)C(C)(C)C.[Ru]. The van der Waals surface area contributed by atoms with Gasteiger partial charge in [0.2, 0.25) is 0 Å². The third-order valence-corrected chi connectivity index (χ3v) is 5.33. The Labute approximate surface area is 258 Å². The van der Waals surface area contributed by atoms with Crippen LogP contribution in [0.1, 0.15) is 125 Å². The first-order chi connectivity index (χ1) is 16.6. The number of allylic oxidation sites excluding steroid dienone is 6. The largest absolute Gasteiger partial charge is 0.512 e. The smallest absolute Gasteiger partial charge is 0.164 e. The van der Waals surface area contributed by atoms with E-state index in [0.717, 1.165) is 0 Å². The zero-order valence-corrected chi connectivity index (χ0v) is 30.4. The summed E-state index contributed by atoms with van der Waals surface area (Å²) in [5, 5.41) is 28.7. The minimum absolute atomic E-state index is 0. The maximum Gasteiger partial charge on any atom is 0.164 e. The van der Waals surface area contributed by atoms with Gasteiger partial charge in [-0.1, -0.05) is 125 Å². The Morgan fingerprint density at radius 2 is 0.475 bits per heavy atom. The predicted octanol–water partition coefficient (Wildman–Crippen LogP) is 9.27. The Bertz CT molecular complexity index is 801. The Hall–Kier alpha value is -1.75. The van der Waals surface area contributed by atoms with Crippen LogP contribution in [0.15, 0.2) is 35.5 Å². The molecule has 0 aliphatic heterocycles. The molecule has 7 heteroatoms. The molecule has 0 saturated heterocycles. The van der Waals surface area contributed by atoms with Gasteiger partial charge < -0.3 is 15.3 Å². The zero-order chi connectivity index (χ0) is 32.6. The van der Waals surface area contributed by atoms with Crippen molar-refractivity contribution in [2.24, 2.45) is 32.5 Å². The molecule has 0 aromatic carbocycles. The minimum Gasteiger partial charge on any atom is -0.512 e. The molecular weight excluding hydrogens is 593 g/mol. The molecule has 0 amide bonds. The summed E-state index contributed by atoms with van der Waals surface area (Å²) in [4.78, 5) is 34.5. The van der Waals surface area contributed by atoms with Crippen molar-refractivity contribution in [3.63, 3.8) is 0 Å². The van der Waals surface area contributed by atoms with Crippen molar-refractivity contribution >= 4 is 17.3 Å². The predicted molar refractivity (Wildman–Crippen MR) is 164 cm³/mol. The van der Waals surface area contributed by atoms with Gasteiger partial charge in [0, 0.05) is 70.2 Å². The molecule has 0 aliphatic rings. The second-order valence-electron chi connectivity index (χ2n) is 16.2. The van der Waals surface area contributed by atoms with E-state index in [9.17, 15) is 29.7 Å². The van der Waals surface area contributed by atoms with Crippen LogP contribution in [0.2, 0.25) is 0 Å². The molecule has 3 N–H and O–H groups in total. The summed E-state index contributed by atoms with van der Waals surface area (Å²) in [5.74, 6) is 0.312. The summed E-state index contributed by atoms with van der Waals surface area (Å²) >= 11 is 0. The molecule has 0 aromatic rings. The van der Waals surface area contributed by atoms with Crippen molar-refractivity contribution in [1.82, 2.24) is 0 Å².